The first-order valence-corrected chi connectivity index (χ1v) is 13.5. The van der Waals surface area contributed by atoms with E-state index in [0.717, 1.165) is 50.3 Å². The van der Waals surface area contributed by atoms with Crippen molar-refractivity contribution in [3.05, 3.63) is 71.9 Å². The number of H-pyrrole nitrogens is 2. The molecule has 1 atom stereocenters. The molecule has 4 N–H and O–H groups in total. The monoisotopic (exact) mass is 522 g/mol. The zero-order chi connectivity index (χ0) is 26.4. The maximum Gasteiger partial charge on any atom is 0.135 e. The van der Waals surface area contributed by atoms with E-state index in [9.17, 15) is 5.11 Å². The van der Waals surface area contributed by atoms with Gasteiger partial charge in [0.15, 0.2) is 0 Å². The van der Waals surface area contributed by atoms with Gasteiger partial charge in [-0.3, -0.25) is 10.1 Å². The zero-order valence-electron chi connectivity index (χ0n) is 21.8. The molecule has 0 saturated carbocycles. The second-order valence-electron chi connectivity index (χ2n) is 10.9. The lowest BCUT2D eigenvalue weighted by Gasteiger charge is -2.23. The molecular weight excluding hydrogens is 492 g/mol. The molecule has 6 aromatic rings. The van der Waals surface area contributed by atoms with Crippen molar-refractivity contribution in [2.24, 2.45) is 5.41 Å². The number of nitrogens with one attached hydrogen (secondary N) is 3. The highest BCUT2D eigenvalue weighted by molar-refractivity contribution is 7.15. The van der Waals surface area contributed by atoms with Crippen molar-refractivity contribution in [2.45, 2.75) is 40.3 Å². The number of nitrogens with zero attached hydrogens (tertiary/aromatic N) is 3. The number of aliphatic hydroxyl groups excluding tert-OH is 1. The maximum absolute atomic E-state index is 10.5. The topological polar surface area (TPSA) is 103 Å². The quantitative estimate of drug-likeness (QED) is 0.171. The van der Waals surface area contributed by atoms with Crippen molar-refractivity contribution in [3.63, 3.8) is 0 Å². The van der Waals surface area contributed by atoms with E-state index in [2.05, 4.69) is 89.6 Å². The summed E-state index contributed by atoms with van der Waals surface area (Å²) >= 11 is 1.80. The summed E-state index contributed by atoms with van der Waals surface area (Å²) in [5, 5.41) is 22.5. The van der Waals surface area contributed by atoms with E-state index in [4.69, 9.17) is 4.98 Å². The van der Waals surface area contributed by atoms with Gasteiger partial charge in [0.1, 0.15) is 17.4 Å². The van der Waals surface area contributed by atoms with Crippen molar-refractivity contribution >= 4 is 39.0 Å². The molecule has 0 fully saturated rings. The lowest BCUT2D eigenvalue weighted by molar-refractivity contribution is 0.145. The van der Waals surface area contributed by atoms with Gasteiger partial charge in [0.05, 0.1) is 28.8 Å². The molecule has 0 bridgehead atoms. The first-order valence-electron chi connectivity index (χ1n) is 12.7. The number of fused-ring (bicyclic) bond motifs is 2. The normalized spacial score (nSPS) is 12.9. The van der Waals surface area contributed by atoms with Gasteiger partial charge in [0.25, 0.3) is 0 Å². The summed E-state index contributed by atoms with van der Waals surface area (Å²) in [6.45, 7) is 8.44. The molecule has 38 heavy (non-hydrogen) atoms. The fourth-order valence-electron chi connectivity index (χ4n) is 4.81. The van der Waals surface area contributed by atoms with Gasteiger partial charge >= 0.3 is 0 Å². The lowest BCUT2D eigenvalue weighted by Crippen LogP contribution is -2.25. The van der Waals surface area contributed by atoms with Gasteiger partial charge in [-0.15, -0.1) is 11.3 Å². The Balaban J connectivity index is 1.36. The molecular formula is C30H30N6OS. The molecule has 0 aliphatic rings. The fourth-order valence-corrected chi connectivity index (χ4v) is 5.71. The van der Waals surface area contributed by atoms with Crippen LogP contribution >= 0.6 is 11.3 Å². The summed E-state index contributed by atoms with van der Waals surface area (Å²) in [5.74, 6) is 0. The number of anilines is 1. The Kier molecular flexibility index (Phi) is 6.01. The Morgan fingerprint density at radius 1 is 1.03 bits per heavy atom. The van der Waals surface area contributed by atoms with Crippen LogP contribution in [0.1, 0.15) is 32.1 Å². The average molecular weight is 523 g/mol. The van der Waals surface area contributed by atoms with Crippen LogP contribution in [0.3, 0.4) is 0 Å². The first kappa shape index (κ1) is 24.3. The zero-order valence-corrected chi connectivity index (χ0v) is 22.6. The van der Waals surface area contributed by atoms with Crippen molar-refractivity contribution < 1.29 is 5.11 Å². The highest BCUT2D eigenvalue weighted by Gasteiger charge is 2.18. The van der Waals surface area contributed by atoms with E-state index in [-0.39, 0.29) is 5.41 Å². The molecule has 0 aliphatic heterocycles. The number of benzene rings is 1. The number of pyridine rings is 2. The minimum Gasteiger partial charge on any atom is -0.374 e. The molecule has 0 radical (unpaired) electrons. The van der Waals surface area contributed by atoms with E-state index < -0.39 is 6.23 Å². The number of aryl methyl sites for hydroxylation is 1. The highest BCUT2D eigenvalue weighted by Crippen LogP contribution is 2.36. The van der Waals surface area contributed by atoms with Gasteiger partial charge in [0.2, 0.25) is 0 Å². The summed E-state index contributed by atoms with van der Waals surface area (Å²) in [5.41, 5.74) is 8.01. The SMILES string of the molecule is Cc1ccc(-c2cccc3[nH]c(-c4n[nH]c5ccc(-c6cncc(NC(O)CC(C)(C)C)c6)nc45)cc23)s1. The predicted molar refractivity (Wildman–Crippen MR) is 156 cm³/mol. The number of aliphatic hydroxyl groups is 1. The third kappa shape index (κ3) is 4.80. The van der Waals surface area contributed by atoms with E-state index >= 15 is 0 Å². The van der Waals surface area contributed by atoms with Gasteiger partial charge in [-0.1, -0.05) is 32.9 Å². The summed E-state index contributed by atoms with van der Waals surface area (Å²) < 4.78 is 0. The van der Waals surface area contributed by atoms with Crippen molar-refractivity contribution in [1.82, 2.24) is 25.1 Å². The second kappa shape index (κ2) is 9.38. The summed E-state index contributed by atoms with van der Waals surface area (Å²) in [6, 6.07) is 18.7. The number of aromatic amines is 2. The van der Waals surface area contributed by atoms with Crippen LogP contribution in [0, 0.1) is 12.3 Å². The van der Waals surface area contributed by atoms with Crippen molar-refractivity contribution in [3.8, 4) is 33.1 Å². The van der Waals surface area contributed by atoms with Crippen LogP contribution in [0.15, 0.2) is 67.0 Å². The smallest absolute Gasteiger partial charge is 0.135 e. The Bertz CT molecular complexity index is 1760. The summed E-state index contributed by atoms with van der Waals surface area (Å²) in [6.07, 6.45) is 3.47. The number of aromatic nitrogens is 5. The van der Waals surface area contributed by atoms with Crippen LogP contribution in [-0.2, 0) is 0 Å². The Morgan fingerprint density at radius 3 is 2.68 bits per heavy atom. The van der Waals surface area contributed by atoms with Crippen LogP contribution in [0.5, 0.6) is 0 Å². The van der Waals surface area contributed by atoms with Crippen LogP contribution in [0.2, 0.25) is 0 Å². The van der Waals surface area contributed by atoms with Gasteiger partial charge in [-0.25, -0.2) is 4.98 Å². The number of hydrogen-bond acceptors (Lipinski definition) is 6. The minimum atomic E-state index is -0.659. The van der Waals surface area contributed by atoms with Crippen molar-refractivity contribution in [1.29, 1.82) is 0 Å². The van der Waals surface area contributed by atoms with Gasteiger partial charge in [-0.05, 0) is 61.2 Å². The molecule has 0 amide bonds. The van der Waals surface area contributed by atoms with Gasteiger partial charge in [0, 0.05) is 38.0 Å². The molecule has 1 unspecified atom stereocenters. The minimum absolute atomic E-state index is 0.00777. The van der Waals surface area contributed by atoms with E-state index in [1.807, 2.05) is 18.2 Å². The average Bonchev–Trinajstić information content (AvgIpc) is 3.60. The first-order chi connectivity index (χ1) is 18.2. The van der Waals surface area contributed by atoms with E-state index in [1.54, 1.807) is 23.7 Å². The second-order valence-corrected chi connectivity index (χ2v) is 12.2. The molecule has 6 rings (SSSR count). The van der Waals surface area contributed by atoms with Crippen LogP contribution in [0.4, 0.5) is 5.69 Å². The molecule has 0 aliphatic carbocycles. The Labute approximate surface area is 225 Å². The third-order valence-corrected chi connectivity index (χ3v) is 7.54. The molecule has 8 heteroatoms. The van der Waals surface area contributed by atoms with E-state index in [1.165, 1.54) is 15.3 Å². The summed E-state index contributed by atoms with van der Waals surface area (Å²) in [4.78, 5) is 15.4. The molecule has 5 heterocycles. The summed E-state index contributed by atoms with van der Waals surface area (Å²) in [7, 11) is 0. The van der Waals surface area contributed by atoms with E-state index in [0.29, 0.717) is 6.42 Å². The molecule has 7 nitrogen and oxygen atoms in total. The van der Waals surface area contributed by atoms with Crippen molar-refractivity contribution in [2.75, 3.05) is 5.32 Å². The number of rotatable bonds is 6. The molecule has 5 aromatic heterocycles. The van der Waals surface area contributed by atoms with Gasteiger partial charge < -0.3 is 15.4 Å². The highest BCUT2D eigenvalue weighted by atomic mass is 32.1. The maximum atomic E-state index is 10.5. The largest absolute Gasteiger partial charge is 0.374 e. The lowest BCUT2D eigenvalue weighted by atomic mass is 9.91. The van der Waals surface area contributed by atoms with Crippen LogP contribution in [-0.4, -0.2) is 36.5 Å². The predicted octanol–water partition coefficient (Wildman–Crippen LogP) is 7.37. The molecule has 192 valence electrons. The fraction of sp³-hybridized carbons (Fsp3) is 0.233. The molecule has 1 aromatic carbocycles. The van der Waals surface area contributed by atoms with Crippen LogP contribution < -0.4 is 5.32 Å². The van der Waals surface area contributed by atoms with Gasteiger partial charge in [-0.2, -0.15) is 5.10 Å². The van der Waals surface area contributed by atoms with Crippen LogP contribution in [0.25, 0.3) is 55.0 Å². The molecule has 0 saturated heterocycles. The Hall–Kier alpha value is -4.01. The molecule has 0 spiro atoms. The Morgan fingerprint density at radius 2 is 1.89 bits per heavy atom. The number of hydrogen-bond donors (Lipinski definition) is 4. The number of thiophene rings is 1. The third-order valence-electron chi connectivity index (χ3n) is 6.51. The standard InChI is InChI=1S/C30H30N6OS/c1-17-8-11-26(38-17)20-6-5-7-23-21(20)13-25(33-23)29-28-24(35-36-29)10-9-22(34-28)18-12-19(16-31-15-18)32-27(37)14-30(2,3)4/h5-13,15-16,27,32-33,37H,14H2,1-4H3,(H,35,36).